The minimum Gasteiger partial charge on any atom is -0.377 e. The van der Waals surface area contributed by atoms with Gasteiger partial charge in [-0.15, -0.1) is 0 Å². The second kappa shape index (κ2) is 6.93. The Hall–Kier alpha value is -2.47. The number of piperidine rings is 1. The number of anilines is 1. The maximum absolute atomic E-state index is 13.7. The summed E-state index contributed by atoms with van der Waals surface area (Å²) in [6, 6.07) is 10.4. The smallest absolute Gasteiger partial charge is 0.255 e. The fourth-order valence-electron chi connectivity index (χ4n) is 4.35. The van der Waals surface area contributed by atoms with Crippen molar-refractivity contribution < 1.29 is 13.9 Å². The fraction of sp³-hybridized carbons (Fsp3) is 0.429. The molecule has 2 aliphatic rings. The molecule has 0 N–H and O–H groups in total. The number of hydrogen-bond acceptors (Lipinski definition) is 4. The fourth-order valence-corrected chi connectivity index (χ4v) is 4.35. The van der Waals surface area contributed by atoms with Crippen LogP contribution in [0.2, 0.25) is 0 Å². The van der Waals surface area contributed by atoms with Crippen LogP contribution in [0.5, 0.6) is 0 Å². The third-order valence-corrected chi connectivity index (χ3v) is 5.96. The molecule has 1 amide bonds. The van der Waals surface area contributed by atoms with Crippen molar-refractivity contribution in [3.8, 4) is 0 Å². The normalized spacial score (nSPS) is 21.2. The molecule has 2 fully saturated rings. The van der Waals surface area contributed by atoms with Gasteiger partial charge in [-0.3, -0.25) is 9.78 Å². The van der Waals surface area contributed by atoms with E-state index in [4.69, 9.17) is 4.74 Å². The number of likely N-dealkylation sites (tertiary alicyclic amines) is 1. The summed E-state index contributed by atoms with van der Waals surface area (Å²) in [7, 11) is 1.73. The quantitative estimate of drug-likeness (QED) is 0.834. The molecule has 1 atom stereocenters. The zero-order valence-electron chi connectivity index (χ0n) is 15.7. The maximum atomic E-state index is 13.7. The van der Waals surface area contributed by atoms with E-state index in [1.54, 1.807) is 25.4 Å². The minimum absolute atomic E-state index is 0.0166. The van der Waals surface area contributed by atoms with Gasteiger partial charge in [0.1, 0.15) is 5.82 Å². The largest absolute Gasteiger partial charge is 0.377 e. The van der Waals surface area contributed by atoms with Crippen molar-refractivity contribution in [3.63, 3.8) is 0 Å². The van der Waals surface area contributed by atoms with E-state index >= 15 is 0 Å². The van der Waals surface area contributed by atoms with Gasteiger partial charge in [-0.25, -0.2) is 4.39 Å². The number of methoxy groups -OCH3 is 1. The topological polar surface area (TPSA) is 45.7 Å². The lowest BCUT2D eigenvalue weighted by Crippen LogP contribution is -2.74. The highest BCUT2D eigenvalue weighted by Gasteiger charge is 2.55. The Bertz CT molecular complexity index is 832. The lowest BCUT2D eigenvalue weighted by atomic mass is 9.73. The lowest BCUT2D eigenvalue weighted by molar-refractivity contribution is -0.0433. The van der Waals surface area contributed by atoms with Crippen LogP contribution in [0.25, 0.3) is 0 Å². The average molecular weight is 369 g/mol. The van der Waals surface area contributed by atoms with Crippen molar-refractivity contribution in [2.24, 2.45) is 0 Å². The van der Waals surface area contributed by atoms with Gasteiger partial charge in [-0.2, -0.15) is 0 Å². The molecule has 0 aliphatic carbocycles. The van der Waals surface area contributed by atoms with Crippen molar-refractivity contribution in [3.05, 3.63) is 59.7 Å². The Labute approximate surface area is 158 Å². The maximum Gasteiger partial charge on any atom is 0.255 e. The van der Waals surface area contributed by atoms with E-state index in [9.17, 15) is 9.18 Å². The summed E-state index contributed by atoms with van der Waals surface area (Å²) in [4.78, 5) is 21.1. The number of carbonyl (C=O) groups excluding carboxylic acids is 1. The van der Waals surface area contributed by atoms with Gasteiger partial charge in [-0.05, 0) is 50.1 Å². The number of ether oxygens (including phenoxy) is 1. The van der Waals surface area contributed by atoms with Gasteiger partial charge in [0.05, 0.1) is 17.2 Å². The molecule has 4 rings (SSSR count). The molecule has 27 heavy (non-hydrogen) atoms. The highest BCUT2D eigenvalue weighted by molar-refractivity contribution is 5.94. The number of aryl methyl sites for hydroxylation is 1. The second-order valence-corrected chi connectivity index (χ2v) is 7.40. The van der Waals surface area contributed by atoms with Gasteiger partial charge in [0.25, 0.3) is 5.91 Å². The standard InChI is InChI=1S/C21H24FN3O2/c1-15-6-7-16(13-23-15)20(26)24-10-8-21(9-11-24)19(27-2)14-25(21)18-5-3-4-17(22)12-18/h3-7,12-13,19H,8-11,14H2,1-2H3. The molecule has 0 bridgehead atoms. The molecular formula is C21H24FN3O2. The van der Waals surface area contributed by atoms with E-state index in [0.29, 0.717) is 18.7 Å². The molecule has 142 valence electrons. The number of halogens is 1. The molecule has 2 aliphatic heterocycles. The van der Waals surface area contributed by atoms with Crippen LogP contribution in [0.15, 0.2) is 42.6 Å². The number of hydrogen-bond donors (Lipinski definition) is 0. The number of aromatic nitrogens is 1. The van der Waals surface area contributed by atoms with E-state index in [-0.39, 0.29) is 23.4 Å². The molecule has 6 heteroatoms. The van der Waals surface area contributed by atoms with E-state index in [1.807, 2.05) is 30.0 Å². The van der Waals surface area contributed by atoms with Crippen molar-refractivity contribution in [1.82, 2.24) is 9.88 Å². The SMILES string of the molecule is COC1CN(c2cccc(F)c2)C12CCN(C(=O)c1ccc(C)nc1)CC2. The Balaban J connectivity index is 1.50. The second-order valence-electron chi connectivity index (χ2n) is 7.40. The molecule has 2 saturated heterocycles. The molecule has 3 heterocycles. The van der Waals surface area contributed by atoms with Gasteiger partial charge in [0.2, 0.25) is 0 Å². The molecule has 2 aromatic rings. The first-order valence-corrected chi connectivity index (χ1v) is 9.31. The summed E-state index contributed by atoms with van der Waals surface area (Å²) in [5.41, 5.74) is 2.22. The van der Waals surface area contributed by atoms with Crippen LogP contribution in [-0.4, -0.2) is 54.2 Å². The van der Waals surface area contributed by atoms with Gasteiger partial charge in [0.15, 0.2) is 0 Å². The molecule has 5 nitrogen and oxygen atoms in total. The number of benzene rings is 1. The number of carbonyl (C=O) groups is 1. The van der Waals surface area contributed by atoms with Crippen LogP contribution in [-0.2, 0) is 4.74 Å². The first-order chi connectivity index (χ1) is 13.0. The molecular weight excluding hydrogens is 345 g/mol. The van der Waals surface area contributed by atoms with Crippen molar-refractivity contribution in [2.75, 3.05) is 31.6 Å². The van der Waals surface area contributed by atoms with Crippen LogP contribution in [0, 0.1) is 12.7 Å². The molecule has 1 spiro atoms. The molecule has 1 aromatic heterocycles. The first kappa shape index (κ1) is 17.9. The summed E-state index contributed by atoms with van der Waals surface area (Å²) in [6.45, 7) is 3.95. The number of rotatable bonds is 3. The summed E-state index contributed by atoms with van der Waals surface area (Å²) >= 11 is 0. The van der Waals surface area contributed by atoms with E-state index in [1.165, 1.54) is 6.07 Å². The van der Waals surface area contributed by atoms with Gasteiger partial charge >= 0.3 is 0 Å². The predicted octanol–water partition coefficient (Wildman–Crippen LogP) is 3.04. The summed E-state index contributed by atoms with van der Waals surface area (Å²) in [6.07, 6.45) is 3.33. The molecule has 1 unspecified atom stereocenters. The van der Waals surface area contributed by atoms with E-state index < -0.39 is 0 Å². The Morgan fingerprint density at radius 2 is 2.04 bits per heavy atom. The Morgan fingerprint density at radius 1 is 1.26 bits per heavy atom. The lowest BCUT2D eigenvalue weighted by Gasteiger charge is -2.61. The Morgan fingerprint density at radius 3 is 2.67 bits per heavy atom. The molecule has 0 saturated carbocycles. The summed E-state index contributed by atoms with van der Waals surface area (Å²) in [5.74, 6) is -0.217. The van der Waals surface area contributed by atoms with Crippen LogP contribution >= 0.6 is 0 Å². The summed E-state index contributed by atoms with van der Waals surface area (Å²) < 4.78 is 19.4. The van der Waals surface area contributed by atoms with Crippen LogP contribution in [0.4, 0.5) is 10.1 Å². The number of pyridine rings is 1. The van der Waals surface area contributed by atoms with Crippen molar-refractivity contribution in [1.29, 1.82) is 0 Å². The zero-order valence-corrected chi connectivity index (χ0v) is 15.7. The van der Waals surface area contributed by atoms with Crippen molar-refractivity contribution in [2.45, 2.75) is 31.4 Å². The Kier molecular flexibility index (Phi) is 4.60. The third kappa shape index (κ3) is 3.08. The molecule has 0 radical (unpaired) electrons. The first-order valence-electron chi connectivity index (χ1n) is 9.31. The van der Waals surface area contributed by atoms with Gasteiger partial charge in [-0.1, -0.05) is 6.07 Å². The van der Waals surface area contributed by atoms with E-state index in [0.717, 1.165) is 30.8 Å². The minimum atomic E-state index is -0.233. The highest BCUT2D eigenvalue weighted by Crippen LogP contribution is 2.44. The average Bonchev–Trinajstić information content (AvgIpc) is 2.68. The highest BCUT2D eigenvalue weighted by atomic mass is 19.1. The van der Waals surface area contributed by atoms with Crippen LogP contribution in [0.3, 0.4) is 0 Å². The van der Waals surface area contributed by atoms with Crippen LogP contribution < -0.4 is 4.90 Å². The van der Waals surface area contributed by atoms with Gasteiger partial charge in [0, 0.05) is 44.3 Å². The van der Waals surface area contributed by atoms with Crippen LogP contribution in [0.1, 0.15) is 28.9 Å². The van der Waals surface area contributed by atoms with Crippen molar-refractivity contribution >= 4 is 11.6 Å². The van der Waals surface area contributed by atoms with E-state index in [2.05, 4.69) is 9.88 Å². The number of nitrogens with zero attached hydrogens (tertiary/aromatic N) is 3. The monoisotopic (exact) mass is 369 g/mol. The van der Waals surface area contributed by atoms with Gasteiger partial charge < -0.3 is 14.5 Å². The third-order valence-electron chi connectivity index (χ3n) is 5.96. The molecule has 1 aromatic carbocycles. The number of amides is 1. The zero-order chi connectivity index (χ0) is 19.0. The predicted molar refractivity (Wildman–Crippen MR) is 101 cm³/mol. The summed E-state index contributed by atoms with van der Waals surface area (Å²) in [5, 5.41) is 0.